The number of ketones is 1. The smallest absolute Gasteiger partial charge is 0.186 e. The number of carbonyl (C=O) groups excluding carboxylic acids is 1. The Kier molecular flexibility index (Phi) is 4.39. The lowest BCUT2D eigenvalue weighted by Crippen LogP contribution is -2.11. The van der Waals surface area contributed by atoms with Crippen LogP contribution in [0.15, 0.2) is 47.1 Å². The largest absolute Gasteiger partial charge is 0.292 e. The van der Waals surface area contributed by atoms with E-state index < -0.39 is 0 Å². The summed E-state index contributed by atoms with van der Waals surface area (Å²) in [5.74, 6) is 0.0287. The van der Waals surface area contributed by atoms with Gasteiger partial charge in [0.2, 0.25) is 0 Å². The van der Waals surface area contributed by atoms with Crippen molar-refractivity contribution in [1.29, 1.82) is 0 Å². The zero-order chi connectivity index (χ0) is 14.8. The van der Waals surface area contributed by atoms with Crippen LogP contribution in [0.25, 0.3) is 0 Å². The maximum atomic E-state index is 12.2. The quantitative estimate of drug-likeness (QED) is 0.771. The van der Waals surface area contributed by atoms with E-state index in [9.17, 15) is 4.79 Å². The van der Waals surface area contributed by atoms with E-state index in [0.29, 0.717) is 12.1 Å². The summed E-state index contributed by atoms with van der Waals surface area (Å²) in [7, 11) is 0. The molecule has 0 aliphatic rings. The number of halogens is 1. The Morgan fingerprint density at radius 1 is 1.15 bits per heavy atom. The first kappa shape index (κ1) is 14.9. The van der Waals surface area contributed by atoms with Crippen molar-refractivity contribution in [2.45, 2.75) is 32.6 Å². The van der Waals surface area contributed by atoms with Gasteiger partial charge in [-0.25, -0.2) is 0 Å². The minimum Gasteiger partial charge on any atom is -0.292 e. The van der Waals surface area contributed by atoms with Gasteiger partial charge in [0.25, 0.3) is 0 Å². The van der Waals surface area contributed by atoms with E-state index in [1.165, 1.54) is 5.56 Å². The van der Waals surface area contributed by atoms with Gasteiger partial charge in [-0.3, -0.25) is 9.78 Å². The molecular formula is C17H18BrNO. The monoisotopic (exact) mass is 331 g/mol. The molecule has 0 N–H and O–H groups in total. The van der Waals surface area contributed by atoms with Crippen molar-refractivity contribution in [1.82, 2.24) is 4.98 Å². The number of carbonyl (C=O) groups is 1. The van der Waals surface area contributed by atoms with Crippen LogP contribution in [0.4, 0.5) is 0 Å². The maximum absolute atomic E-state index is 12.2. The summed E-state index contributed by atoms with van der Waals surface area (Å²) in [5, 5.41) is 0. The zero-order valence-electron chi connectivity index (χ0n) is 12.0. The average Bonchev–Trinajstić information content (AvgIpc) is 2.38. The zero-order valence-corrected chi connectivity index (χ0v) is 13.6. The SMILES string of the molecule is CC(C)(C)c1ccc(CC(=O)c2ncccc2Br)cc1. The molecule has 3 heteroatoms. The number of benzene rings is 1. The lowest BCUT2D eigenvalue weighted by Gasteiger charge is -2.19. The van der Waals surface area contributed by atoms with Crippen LogP contribution in [-0.2, 0) is 11.8 Å². The summed E-state index contributed by atoms with van der Waals surface area (Å²) < 4.78 is 0.747. The number of Topliss-reactive ketones (excluding diaryl/α,β-unsaturated/α-hetero) is 1. The van der Waals surface area contributed by atoms with Gasteiger partial charge in [0, 0.05) is 17.1 Å². The molecule has 104 valence electrons. The highest BCUT2D eigenvalue weighted by Crippen LogP contribution is 2.23. The third-order valence-electron chi connectivity index (χ3n) is 3.21. The van der Waals surface area contributed by atoms with Crippen molar-refractivity contribution in [3.63, 3.8) is 0 Å². The molecule has 0 unspecified atom stereocenters. The van der Waals surface area contributed by atoms with E-state index in [2.05, 4.69) is 53.8 Å². The molecule has 2 nitrogen and oxygen atoms in total. The Balaban J connectivity index is 2.15. The van der Waals surface area contributed by atoms with E-state index in [0.717, 1.165) is 10.0 Å². The molecule has 0 spiro atoms. The molecule has 0 fully saturated rings. The summed E-state index contributed by atoms with van der Waals surface area (Å²) in [6.45, 7) is 6.54. The van der Waals surface area contributed by atoms with Crippen LogP contribution in [0, 0.1) is 0 Å². The fourth-order valence-corrected chi connectivity index (χ4v) is 2.46. The number of aromatic nitrogens is 1. The Bertz CT molecular complexity index is 612. The van der Waals surface area contributed by atoms with Gasteiger partial charge in [-0.15, -0.1) is 0 Å². The fraction of sp³-hybridized carbons (Fsp3) is 0.294. The highest BCUT2D eigenvalue weighted by atomic mass is 79.9. The first-order chi connectivity index (χ1) is 9.38. The Morgan fingerprint density at radius 3 is 2.35 bits per heavy atom. The summed E-state index contributed by atoms with van der Waals surface area (Å²) in [6.07, 6.45) is 2.01. The van der Waals surface area contributed by atoms with Crippen molar-refractivity contribution >= 4 is 21.7 Å². The normalized spacial score (nSPS) is 11.4. The van der Waals surface area contributed by atoms with Crippen LogP contribution in [-0.4, -0.2) is 10.8 Å². The molecule has 0 radical (unpaired) electrons. The topological polar surface area (TPSA) is 30.0 Å². The molecule has 1 aromatic carbocycles. The summed E-state index contributed by atoms with van der Waals surface area (Å²) in [4.78, 5) is 16.4. The van der Waals surface area contributed by atoms with Gasteiger partial charge in [0.15, 0.2) is 5.78 Å². The fourth-order valence-electron chi connectivity index (χ4n) is 1.98. The van der Waals surface area contributed by atoms with Gasteiger partial charge in [-0.05, 0) is 44.6 Å². The molecule has 0 saturated carbocycles. The van der Waals surface area contributed by atoms with Gasteiger partial charge in [-0.1, -0.05) is 45.0 Å². The molecule has 0 bridgehead atoms. The first-order valence-electron chi connectivity index (χ1n) is 6.61. The Labute approximate surface area is 128 Å². The van der Waals surface area contributed by atoms with Crippen LogP contribution in [0.3, 0.4) is 0 Å². The predicted octanol–water partition coefficient (Wildman–Crippen LogP) is 4.57. The second kappa shape index (κ2) is 5.88. The van der Waals surface area contributed by atoms with E-state index in [4.69, 9.17) is 0 Å². The molecule has 0 amide bonds. The minimum atomic E-state index is 0.0287. The number of nitrogens with zero attached hydrogens (tertiary/aromatic N) is 1. The molecule has 2 rings (SSSR count). The predicted molar refractivity (Wildman–Crippen MR) is 85.1 cm³/mol. The van der Waals surface area contributed by atoms with Crippen LogP contribution in [0.1, 0.15) is 42.4 Å². The lowest BCUT2D eigenvalue weighted by atomic mass is 9.86. The van der Waals surface area contributed by atoms with Crippen LogP contribution in [0.5, 0.6) is 0 Å². The average molecular weight is 332 g/mol. The van der Waals surface area contributed by atoms with Gasteiger partial charge in [0.05, 0.1) is 0 Å². The van der Waals surface area contributed by atoms with Crippen molar-refractivity contribution in [2.75, 3.05) is 0 Å². The number of hydrogen-bond donors (Lipinski definition) is 0. The molecule has 2 aromatic rings. The standard InChI is InChI=1S/C17H18BrNO/c1-17(2,3)13-8-6-12(7-9-13)11-15(20)16-14(18)5-4-10-19-16/h4-10H,11H2,1-3H3. The maximum Gasteiger partial charge on any atom is 0.186 e. The van der Waals surface area contributed by atoms with Crippen molar-refractivity contribution in [3.05, 3.63) is 63.9 Å². The highest BCUT2D eigenvalue weighted by molar-refractivity contribution is 9.10. The van der Waals surface area contributed by atoms with E-state index in [1.54, 1.807) is 12.3 Å². The van der Waals surface area contributed by atoms with Gasteiger partial charge < -0.3 is 0 Å². The molecule has 0 saturated heterocycles. The van der Waals surface area contributed by atoms with Gasteiger partial charge in [0.1, 0.15) is 5.69 Å². The molecule has 0 aliphatic carbocycles. The van der Waals surface area contributed by atoms with Crippen molar-refractivity contribution < 1.29 is 4.79 Å². The van der Waals surface area contributed by atoms with Crippen LogP contribution in [0.2, 0.25) is 0 Å². The third-order valence-corrected chi connectivity index (χ3v) is 3.85. The van der Waals surface area contributed by atoms with Crippen molar-refractivity contribution in [2.24, 2.45) is 0 Å². The highest BCUT2D eigenvalue weighted by Gasteiger charge is 2.15. The Morgan fingerprint density at radius 2 is 1.80 bits per heavy atom. The molecule has 0 aliphatic heterocycles. The molecule has 1 heterocycles. The third kappa shape index (κ3) is 3.54. The number of hydrogen-bond acceptors (Lipinski definition) is 2. The number of pyridine rings is 1. The van der Waals surface area contributed by atoms with Crippen molar-refractivity contribution in [3.8, 4) is 0 Å². The second-order valence-corrected chi connectivity index (χ2v) is 6.74. The van der Waals surface area contributed by atoms with Gasteiger partial charge in [-0.2, -0.15) is 0 Å². The molecular weight excluding hydrogens is 314 g/mol. The molecule has 1 aromatic heterocycles. The van der Waals surface area contributed by atoms with Crippen LogP contribution < -0.4 is 0 Å². The minimum absolute atomic E-state index is 0.0287. The van der Waals surface area contributed by atoms with E-state index in [1.807, 2.05) is 18.2 Å². The van der Waals surface area contributed by atoms with E-state index in [-0.39, 0.29) is 11.2 Å². The number of rotatable bonds is 3. The summed E-state index contributed by atoms with van der Waals surface area (Å²) in [6, 6.07) is 11.9. The molecule has 20 heavy (non-hydrogen) atoms. The van der Waals surface area contributed by atoms with Crippen LogP contribution >= 0.6 is 15.9 Å². The lowest BCUT2D eigenvalue weighted by molar-refractivity contribution is 0.0987. The first-order valence-corrected chi connectivity index (χ1v) is 7.40. The summed E-state index contributed by atoms with van der Waals surface area (Å²) in [5.41, 5.74) is 2.91. The van der Waals surface area contributed by atoms with Gasteiger partial charge >= 0.3 is 0 Å². The summed E-state index contributed by atoms with van der Waals surface area (Å²) >= 11 is 3.36. The Hall–Kier alpha value is -1.48. The van der Waals surface area contributed by atoms with E-state index >= 15 is 0 Å². The second-order valence-electron chi connectivity index (χ2n) is 5.88. The molecule has 0 atom stereocenters.